The molecule has 0 aliphatic heterocycles. The van der Waals surface area contributed by atoms with Crippen LogP contribution in [0.25, 0.3) is 11.4 Å². The van der Waals surface area contributed by atoms with E-state index in [1.165, 1.54) is 0 Å². The summed E-state index contributed by atoms with van der Waals surface area (Å²) < 4.78 is 26.3. The first-order valence-electron chi connectivity index (χ1n) is 7.10. The highest BCUT2D eigenvalue weighted by molar-refractivity contribution is 5.92. The average molecular weight is 329 g/mol. The van der Waals surface area contributed by atoms with E-state index in [1.807, 2.05) is 19.1 Å². The van der Waals surface area contributed by atoms with Crippen molar-refractivity contribution in [2.45, 2.75) is 13.5 Å². The van der Waals surface area contributed by atoms with E-state index in [1.54, 1.807) is 12.1 Å². The second kappa shape index (κ2) is 6.53. The molecule has 0 atom stereocenters. The van der Waals surface area contributed by atoms with Crippen LogP contribution in [0.2, 0.25) is 0 Å². The molecule has 0 fully saturated rings. The molecular weight excluding hydrogens is 316 g/mol. The standard InChI is InChI=1S/C16H13F2N5O/c1-9-21-15(23-22-9)11-4-2-10(3-5-11)7-20-16(24)14-13(18)6-12(17)8-19-14/h2-6,8H,7H2,1H3,(H,20,24)(H,21,22,23). The van der Waals surface area contributed by atoms with Gasteiger partial charge in [0.25, 0.3) is 5.91 Å². The topological polar surface area (TPSA) is 83.6 Å². The van der Waals surface area contributed by atoms with Crippen molar-refractivity contribution in [2.24, 2.45) is 0 Å². The summed E-state index contributed by atoms with van der Waals surface area (Å²) in [5, 5.41) is 9.36. The Bertz CT molecular complexity index is 876. The summed E-state index contributed by atoms with van der Waals surface area (Å²) in [6.07, 6.45) is 0.797. The number of amides is 1. The van der Waals surface area contributed by atoms with Gasteiger partial charge in [-0.25, -0.2) is 18.7 Å². The highest BCUT2D eigenvalue weighted by atomic mass is 19.1. The van der Waals surface area contributed by atoms with Gasteiger partial charge in [-0.1, -0.05) is 24.3 Å². The van der Waals surface area contributed by atoms with E-state index in [-0.39, 0.29) is 6.54 Å². The molecule has 6 nitrogen and oxygen atoms in total. The van der Waals surface area contributed by atoms with E-state index < -0.39 is 23.2 Å². The monoisotopic (exact) mass is 329 g/mol. The number of benzene rings is 1. The van der Waals surface area contributed by atoms with Crippen molar-refractivity contribution in [1.82, 2.24) is 25.5 Å². The molecule has 2 N–H and O–H groups in total. The summed E-state index contributed by atoms with van der Waals surface area (Å²) in [4.78, 5) is 19.6. The van der Waals surface area contributed by atoms with E-state index in [0.717, 1.165) is 23.1 Å². The molecule has 8 heteroatoms. The summed E-state index contributed by atoms with van der Waals surface area (Å²) in [5.74, 6) is -1.23. The van der Waals surface area contributed by atoms with Gasteiger partial charge in [-0.3, -0.25) is 9.89 Å². The molecule has 0 saturated heterocycles. The number of aromatic amines is 1. The molecule has 0 bridgehead atoms. The third-order valence-corrected chi connectivity index (χ3v) is 3.29. The van der Waals surface area contributed by atoms with Crippen LogP contribution in [-0.2, 0) is 6.54 Å². The second-order valence-corrected chi connectivity index (χ2v) is 5.11. The van der Waals surface area contributed by atoms with Crippen LogP contribution in [0.1, 0.15) is 21.9 Å². The predicted octanol–water partition coefficient (Wildman–Crippen LogP) is 2.38. The molecule has 1 aromatic carbocycles. The SMILES string of the molecule is Cc1nc(-c2ccc(CNC(=O)c3ncc(F)cc3F)cc2)n[nH]1. The second-order valence-electron chi connectivity index (χ2n) is 5.11. The van der Waals surface area contributed by atoms with E-state index in [2.05, 4.69) is 25.5 Å². The lowest BCUT2D eigenvalue weighted by atomic mass is 10.1. The fourth-order valence-corrected chi connectivity index (χ4v) is 2.09. The maximum absolute atomic E-state index is 13.5. The van der Waals surface area contributed by atoms with E-state index in [9.17, 15) is 13.6 Å². The lowest BCUT2D eigenvalue weighted by Crippen LogP contribution is -2.25. The summed E-state index contributed by atoms with van der Waals surface area (Å²) >= 11 is 0. The lowest BCUT2D eigenvalue weighted by molar-refractivity contribution is 0.0941. The van der Waals surface area contributed by atoms with Crippen LogP contribution in [0.3, 0.4) is 0 Å². The summed E-state index contributed by atoms with van der Waals surface area (Å²) in [5.41, 5.74) is 1.20. The van der Waals surface area contributed by atoms with Crippen molar-refractivity contribution in [3.63, 3.8) is 0 Å². The summed E-state index contributed by atoms with van der Waals surface area (Å²) in [6, 6.07) is 7.86. The van der Waals surface area contributed by atoms with E-state index in [4.69, 9.17) is 0 Å². The van der Waals surface area contributed by atoms with E-state index >= 15 is 0 Å². The third-order valence-electron chi connectivity index (χ3n) is 3.29. The van der Waals surface area contributed by atoms with Gasteiger partial charge >= 0.3 is 0 Å². The van der Waals surface area contributed by atoms with Crippen molar-refractivity contribution >= 4 is 5.91 Å². The zero-order valence-electron chi connectivity index (χ0n) is 12.7. The first-order chi connectivity index (χ1) is 11.5. The van der Waals surface area contributed by atoms with Crippen molar-refractivity contribution in [2.75, 3.05) is 0 Å². The Morgan fingerprint density at radius 3 is 2.62 bits per heavy atom. The maximum Gasteiger partial charge on any atom is 0.273 e. The molecule has 2 aromatic heterocycles. The highest BCUT2D eigenvalue weighted by Crippen LogP contribution is 2.15. The quantitative estimate of drug-likeness (QED) is 0.770. The van der Waals surface area contributed by atoms with Crippen molar-refractivity contribution < 1.29 is 13.6 Å². The fraction of sp³-hybridized carbons (Fsp3) is 0.125. The Hall–Kier alpha value is -3.16. The van der Waals surface area contributed by atoms with E-state index in [0.29, 0.717) is 11.9 Å². The van der Waals surface area contributed by atoms with Gasteiger partial charge in [0.05, 0.1) is 6.20 Å². The van der Waals surface area contributed by atoms with Crippen LogP contribution in [0.15, 0.2) is 36.5 Å². The Labute approximate surface area is 136 Å². The van der Waals surface area contributed by atoms with Gasteiger partial charge in [-0.15, -0.1) is 0 Å². The molecule has 122 valence electrons. The van der Waals surface area contributed by atoms with Gasteiger partial charge in [0, 0.05) is 18.2 Å². The molecule has 2 heterocycles. The van der Waals surface area contributed by atoms with Gasteiger partial charge in [0.2, 0.25) is 0 Å². The smallest absolute Gasteiger partial charge is 0.273 e. The number of rotatable bonds is 4. The number of carbonyl (C=O) groups excluding carboxylic acids is 1. The molecule has 0 radical (unpaired) electrons. The number of halogens is 2. The summed E-state index contributed by atoms with van der Waals surface area (Å²) in [6.45, 7) is 1.99. The lowest BCUT2D eigenvalue weighted by Gasteiger charge is -2.06. The molecule has 0 unspecified atom stereocenters. The largest absolute Gasteiger partial charge is 0.347 e. The minimum absolute atomic E-state index is 0.185. The number of nitrogens with one attached hydrogen (secondary N) is 2. The zero-order valence-corrected chi connectivity index (χ0v) is 12.7. The molecule has 3 aromatic rings. The Kier molecular flexibility index (Phi) is 4.28. The molecule has 24 heavy (non-hydrogen) atoms. The number of carbonyl (C=O) groups is 1. The minimum Gasteiger partial charge on any atom is -0.347 e. The van der Waals surface area contributed by atoms with Gasteiger partial charge in [-0.05, 0) is 12.5 Å². The number of H-pyrrole nitrogens is 1. The van der Waals surface area contributed by atoms with Crippen LogP contribution < -0.4 is 5.32 Å². The van der Waals surface area contributed by atoms with Crippen molar-refractivity contribution in [1.29, 1.82) is 0 Å². The van der Waals surface area contributed by atoms with Gasteiger partial charge in [-0.2, -0.15) is 5.10 Å². The van der Waals surface area contributed by atoms with Crippen LogP contribution in [-0.4, -0.2) is 26.1 Å². The van der Waals surface area contributed by atoms with Gasteiger partial charge in [0.15, 0.2) is 17.3 Å². The zero-order chi connectivity index (χ0) is 17.1. The fourth-order valence-electron chi connectivity index (χ4n) is 2.09. The molecule has 1 amide bonds. The first-order valence-corrected chi connectivity index (χ1v) is 7.10. The molecule has 0 aliphatic rings. The molecule has 3 rings (SSSR count). The average Bonchev–Trinajstić information content (AvgIpc) is 2.99. The van der Waals surface area contributed by atoms with Crippen molar-refractivity contribution in [3.8, 4) is 11.4 Å². The molecule has 0 saturated carbocycles. The number of aromatic nitrogens is 4. The highest BCUT2D eigenvalue weighted by Gasteiger charge is 2.14. The Balaban J connectivity index is 1.65. The predicted molar refractivity (Wildman–Crippen MR) is 81.9 cm³/mol. The van der Waals surface area contributed by atoms with Crippen LogP contribution in [0.4, 0.5) is 8.78 Å². The third kappa shape index (κ3) is 3.43. The normalized spacial score (nSPS) is 10.6. The minimum atomic E-state index is -0.997. The van der Waals surface area contributed by atoms with Gasteiger partial charge in [0.1, 0.15) is 11.6 Å². The van der Waals surface area contributed by atoms with Crippen LogP contribution >= 0.6 is 0 Å². The van der Waals surface area contributed by atoms with Crippen molar-refractivity contribution in [3.05, 3.63) is 65.2 Å². The van der Waals surface area contributed by atoms with Crippen LogP contribution in [0.5, 0.6) is 0 Å². The maximum atomic E-state index is 13.5. The first kappa shape index (κ1) is 15.7. The number of aryl methyl sites for hydroxylation is 1. The Morgan fingerprint density at radius 1 is 1.25 bits per heavy atom. The molecular formula is C16H13F2N5O. The number of hydrogen-bond acceptors (Lipinski definition) is 4. The number of pyridine rings is 1. The number of hydrogen-bond donors (Lipinski definition) is 2. The summed E-state index contributed by atoms with van der Waals surface area (Å²) in [7, 11) is 0. The number of nitrogens with zero attached hydrogens (tertiary/aromatic N) is 3. The van der Waals surface area contributed by atoms with Gasteiger partial charge < -0.3 is 5.32 Å². The molecule has 0 aliphatic carbocycles. The van der Waals surface area contributed by atoms with Crippen LogP contribution in [0, 0.1) is 18.6 Å². The molecule has 0 spiro atoms. The Morgan fingerprint density at radius 2 is 2.00 bits per heavy atom.